The molecule has 0 saturated heterocycles. The molecule has 0 atom stereocenters. The van der Waals surface area contributed by atoms with E-state index in [0.29, 0.717) is 24.4 Å². The van der Waals surface area contributed by atoms with Crippen molar-refractivity contribution in [2.24, 2.45) is 11.8 Å². The van der Waals surface area contributed by atoms with Gasteiger partial charge in [-0.3, -0.25) is 4.79 Å². The Kier molecular flexibility index (Phi) is 6.44. The zero-order valence-electron chi connectivity index (χ0n) is 11.7. The van der Waals surface area contributed by atoms with E-state index in [-0.39, 0.29) is 12.4 Å². The molecule has 1 amide bonds. The van der Waals surface area contributed by atoms with E-state index in [9.17, 15) is 4.79 Å². The second-order valence-electron chi connectivity index (χ2n) is 6.08. The van der Waals surface area contributed by atoms with Crippen molar-refractivity contribution in [3.63, 3.8) is 0 Å². The predicted octanol–water partition coefficient (Wildman–Crippen LogP) is 2.44. The third kappa shape index (κ3) is 5.57. The molecule has 106 valence electrons. The van der Waals surface area contributed by atoms with Crippen LogP contribution in [0.2, 0.25) is 0 Å². The first-order valence-corrected chi connectivity index (χ1v) is 7.17. The third-order valence-electron chi connectivity index (χ3n) is 3.66. The second kappa shape index (κ2) is 7.34. The topological polar surface area (TPSA) is 32.3 Å². The van der Waals surface area contributed by atoms with Crippen LogP contribution in [0, 0.1) is 11.8 Å². The molecule has 2 fully saturated rings. The minimum atomic E-state index is 0. The molecule has 0 unspecified atom stereocenters. The van der Waals surface area contributed by atoms with Gasteiger partial charge in [0.2, 0.25) is 5.91 Å². The van der Waals surface area contributed by atoms with Crippen LogP contribution in [0.4, 0.5) is 0 Å². The van der Waals surface area contributed by atoms with Gasteiger partial charge in [-0.05, 0) is 50.5 Å². The van der Waals surface area contributed by atoms with Crippen LogP contribution in [-0.2, 0) is 4.79 Å². The summed E-state index contributed by atoms with van der Waals surface area (Å²) < 4.78 is 0. The highest BCUT2D eigenvalue weighted by Crippen LogP contribution is 2.28. The van der Waals surface area contributed by atoms with Gasteiger partial charge in [0.15, 0.2) is 0 Å². The normalized spacial score (nSPS) is 18.6. The van der Waals surface area contributed by atoms with Crippen LogP contribution in [-0.4, -0.2) is 36.5 Å². The molecule has 3 nitrogen and oxygen atoms in total. The Hall–Kier alpha value is -0.280. The SMILES string of the molecule is CC(C)CCN(C(=O)CNCC1CC1)C1CC1.Cl. The van der Waals surface area contributed by atoms with E-state index in [4.69, 9.17) is 0 Å². The van der Waals surface area contributed by atoms with E-state index in [1.165, 1.54) is 25.7 Å². The molecule has 2 rings (SSSR count). The number of halogens is 1. The molecule has 0 aromatic rings. The number of nitrogens with zero attached hydrogens (tertiary/aromatic N) is 1. The van der Waals surface area contributed by atoms with Gasteiger partial charge in [-0.25, -0.2) is 0 Å². The molecule has 2 aliphatic rings. The zero-order chi connectivity index (χ0) is 12.3. The highest BCUT2D eigenvalue weighted by Gasteiger charge is 2.32. The number of carbonyl (C=O) groups excluding carboxylic acids is 1. The van der Waals surface area contributed by atoms with Gasteiger partial charge in [-0.15, -0.1) is 12.4 Å². The summed E-state index contributed by atoms with van der Waals surface area (Å²) >= 11 is 0. The van der Waals surface area contributed by atoms with E-state index in [2.05, 4.69) is 24.1 Å². The Balaban J connectivity index is 0.00000162. The van der Waals surface area contributed by atoms with Crippen LogP contribution < -0.4 is 5.32 Å². The first kappa shape index (κ1) is 15.8. The smallest absolute Gasteiger partial charge is 0.236 e. The summed E-state index contributed by atoms with van der Waals surface area (Å²) in [6, 6.07) is 0.559. The van der Waals surface area contributed by atoms with E-state index in [1.54, 1.807) is 0 Å². The van der Waals surface area contributed by atoms with Crippen molar-refractivity contribution in [1.82, 2.24) is 10.2 Å². The quantitative estimate of drug-likeness (QED) is 0.737. The molecular formula is C14H27ClN2O. The average Bonchev–Trinajstić information content (AvgIpc) is 3.12. The van der Waals surface area contributed by atoms with Crippen molar-refractivity contribution in [2.75, 3.05) is 19.6 Å². The Morgan fingerprint density at radius 1 is 1.28 bits per heavy atom. The van der Waals surface area contributed by atoms with Crippen LogP contribution >= 0.6 is 12.4 Å². The summed E-state index contributed by atoms with van der Waals surface area (Å²) in [6.45, 7) is 6.98. The summed E-state index contributed by atoms with van der Waals surface area (Å²) in [5.41, 5.74) is 0. The Morgan fingerprint density at radius 2 is 1.94 bits per heavy atom. The maximum atomic E-state index is 12.1. The molecule has 18 heavy (non-hydrogen) atoms. The maximum Gasteiger partial charge on any atom is 0.236 e. The standard InChI is InChI=1S/C14H26N2O.ClH/c1-11(2)7-8-16(13-5-6-13)14(17)10-15-9-12-3-4-12;/h11-13,15H,3-10H2,1-2H3;1H. The van der Waals surface area contributed by atoms with Crippen molar-refractivity contribution < 1.29 is 4.79 Å². The summed E-state index contributed by atoms with van der Waals surface area (Å²) in [4.78, 5) is 14.2. The molecule has 2 aliphatic carbocycles. The average molecular weight is 275 g/mol. The lowest BCUT2D eigenvalue weighted by Crippen LogP contribution is -2.41. The van der Waals surface area contributed by atoms with E-state index in [0.717, 1.165) is 25.4 Å². The molecule has 0 aliphatic heterocycles. The number of rotatable bonds is 8. The Labute approximate surface area is 117 Å². The molecule has 1 N–H and O–H groups in total. The first-order valence-electron chi connectivity index (χ1n) is 7.17. The number of nitrogens with one attached hydrogen (secondary N) is 1. The highest BCUT2D eigenvalue weighted by molar-refractivity contribution is 5.85. The van der Waals surface area contributed by atoms with E-state index in [1.807, 2.05) is 0 Å². The fourth-order valence-corrected chi connectivity index (χ4v) is 2.10. The summed E-state index contributed by atoms with van der Waals surface area (Å²) in [6.07, 6.45) is 6.26. The maximum absolute atomic E-state index is 12.1. The molecular weight excluding hydrogens is 248 g/mol. The van der Waals surface area contributed by atoms with E-state index < -0.39 is 0 Å². The van der Waals surface area contributed by atoms with Crippen LogP contribution in [0.1, 0.15) is 46.0 Å². The summed E-state index contributed by atoms with van der Waals surface area (Å²) in [5, 5.41) is 3.31. The molecule has 0 radical (unpaired) electrons. The van der Waals surface area contributed by atoms with Crippen LogP contribution in [0.25, 0.3) is 0 Å². The van der Waals surface area contributed by atoms with Crippen molar-refractivity contribution >= 4 is 18.3 Å². The van der Waals surface area contributed by atoms with E-state index >= 15 is 0 Å². The molecule has 0 aromatic carbocycles. The van der Waals surface area contributed by atoms with Gasteiger partial charge in [0, 0.05) is 12.6 Å². The minimum absolute atomic E-state index is 0. The third-order valence-corrected chi connectivity index (χ3v) is 3.66. The lowest BCUT2D eigenvalue weighted by atomic mass is 10.1. The zero-order valence-corrected chi connectivity index (χ0v) is 12.5. The number of amides is 1. The molecule has 0 heterocycles. The van der Waals surface area contributed by atoms with Gasteiger partial charge in [-0.1, -0.05) is 13.8 Å². The number of hydrogen-bond acceptors (Lipinski definition) is 2. The van der Waals surface area contributed by atoms with Crippen molar-refractivity contribution in [3.8, 4) is 0 Å². The fourth-order valence-electron chi connectivity index (χ4n) is 2.10. The van der Waals surface area contributed by atoms with Crippen molar-refractivity contribution in [3.05, 3.63) is 0 Å². The van der Waals surface area contributed by atoms with Crippen LogP contribution in [0.5, 0.6) is 0 Å². The first-order chi connectivity index (χ1) is 8.16. The molecule has 0 aromatic heterocycles. The van der Waals surface area contributed by atoms with Crippen molar-refractivity contribution in [1.29, 1.82) is 0 Å². The predicted molar refractivity (Wildman–Crippen MR) is 77.0 cm³/mol. The van der Waals surface area contributed by atoms with Gasteiger partial charge in [0.1, 0.15) is 0 Å². The van der Waals surface area contributed by atoms with Gasteiger partial charge in [0.05, 0.1) is 6.54 Å². The molecule has 0 spiro atoms. The van der Waals surface area contributed by atoms with Crippen LogP contribution in [0.3, 0.4) is 0 Å². The lowest BCUT2D eigenvalue weighted by molar-refractivity contribution is -0.131. The minimum Gasteiger partial charge on any atom is -0.339 e. The van der Waals surface area contributed by atoms with Gasteiger partial charge < -0.3 is 10.2 Å². The number of carbonyl (C=O) groups is 1. The Morgan fingerprint density at radius 3 is 2.44 bits per heavy atom. The largest absolute Gasteiger partial charge is 0.339 e. The summed E-state index contributed by atoms with van der Waals surface area (Å²) in [7, 11) is 0. The molecule has 4 heteroatoms. The highest BCUT2D eigenvalue weighted by atomic mass is 35.5. The molecule has 2 saturated carbocycles. The number of hydrogen-bond donors (Lipinski definition) is 1. The molecule has 0 bridgehead atoms. The Bertz CT molecular complexity index is 263. The van der Waals surface area contributed by atoms with Crippen molar-refractivity contribution in [2.45, 2.75) is 52.0 Å². The van der Waals surface area contributed by atoms with Gasteiger partial charge in [0.25, 0.3) is 0 Å². The fraction of sp³-hybridized carbons (Fsp3) is 0.929. The summed E-state index contributed by atoms with van der Waals surface area (Å²) in [5.74, 6) is 1.85. The van der Waals surface area contributed by atoms with Crippen LogP contribution in [0.15, 0.2) is 0 Å². The van der Waals surface area contributed by atoms with Gasteiger partial charge >= 0.3 is 0 Å². The van der Waals surface area contributed by atoms with Gasteiger partial charge in [-0.2, -0.15) is 0 Å². The second-order valence-corrected chi connectivity index (χ2v) is 6.08. The monoisotopic (exact) mass is 274 g/mol. The lowest BCUT2D eigenvalue weighted by Gasteiger charge is -2.23.